The number of thiazole rings is 1. The number of amides is 1. The maximum atomic E-state index is 14.1. The molecule has 3 aromatic carbocycles. The normalized spacial score (nSPS) is 15.0. The third-order valence-corrected chi connectivity index (χ3v) is 8.70. The van der Waals surface area contributed by atoms with Crippen LogP contribution < -0.4 is 20.2 Å². The summed E-state index contributed by atoms with van der Waals surface area (Å²) < 4.78 is 4.01. The standard InChI is InChI=1S/C33H28ClN5O2S/c1-19-10-8-9-13-27(19)36-31(40)29-21(3)35-33-38(30(29)23-14-16-24(34)17-15-23)32(41)28(42-33)18-26-20(2)37-39(22(26)4)25-11-6-5-7-12-25/h5-18,30H,1-4H3,(H,36,40)/b28-18+/t30-/m0/s1. The minimum Gasteiger partial charge on any atom is -0.322 e. The minimum absolute atomic E-state index is 0.223. The molecule has 0 bridgehead atoms. The van der Waals surface area contributed by atoms with Crippen molar-refractivity contribution in [3.05, 3.63) is 143 Å². The Bertz CT molecular complexity index is 2050. The fourth-order valence-electron chi connectivity index (χ4n) is 5.29. The molecule has 0 saturated carbocycles. The van der Waals surface area contributed by atoms with Crippen LogP contribution in [0.1, 0.15) is 41.0 Å². The number of allylic oxidation sites excluding steroid dienone is 1. The van der Waals surface area contributed by atoms with Crippen LogP contribution in [0.25, 0.3) is 11.8 Å². The van der Waals surface area contributed by atoms with Gasteiger partial charge in [-0.15, -0.1) is 0 Å². The highest BCUT2D eigenvalue weighted by molar-refractivity contribution is 7.07. The number of para-hydroxylation sites is 2. The Labute approximate surface area is 251 Å². The van der Waals surface area contributed by atoms with E-state index in [1.807, 2.05) is 105 Å². The summed E-state index contributed by atoms with van der Waals surface area (Å²) in [5.41, 5.74) is 6.70. The van der Waals surface area contributed by atoms with Crippen molar-refractivity contribution in [1.29, 1.82) is 0 Å². The molecule has 1 aliphatic heterocycles. The largest absolute Gasteiger partial charge is 0.322 e. The molecule has 210 valence electrons. The molecule has 0 radical (unpaired) electrons. The smallest absolute Gasteiger partial charge is 0.271 e. The van der Waals surface area contributed by atoms with Crippen LogP contribution in [0, 0.1) is 20.8 Å². The van der Waals surface area contributed by atoms with Gasteiger partial charge in [-0.1, -0.05) is 71.5 Å². The number of halogens is 1. The maximum Gasteiger partial charge on any atom is 0.271 e. The fourth-order valence-corrected chi connectivity index (χ4v) is 6.44. The second-order valence-corrected chi connectivity index (χ2v) is 11.7. The molecule has 6 rings (SSSR count). The molecule has 1 N–H and O–H groups in total. The highest BCUT2D eigenvalue weighted by Gasteiger charge is 2.32. The number of carbonyl (C=O) groups excluding carboxylic acids is 1. The van der Waals surface area contributed by atoms with Crippen molar-refractivity contribution >= 4 is 40.6 Å². The Morgan fingerprint density at radius 1 is 0.952 bits per heavy atom. The molecule has 1 aliphatic rings. The molecule has 3 heterocycles. The van der Waals surface area contributed by atoms with E-state index in [1.54, 1.807) is 16.7 Å². The van der Waals surface area contributed by atoms with Gasteiger partial charge in [-0.25, -0.2) is 9.67 Å². The summed E-state index contributed by atoms with van der Waals surface area (Å²) in [4.78, 5) is 33.3. The molecule has 0 aliphatic carbocycles. The summed E-state index contributed by atoms with van der Waals surface area (Å²) in [5, 5.41) is 8.34. The first-order chi connectivity index (χ1) is 20.2. The zero-order valence-electron chi connectivity index (χ0n) is 23.6. The Hall–Kier alpha value is -4.53. The van der Waals surface area contributed by atoms with E-state index in [1.165, 1.54) is 11.3 Å². The van der Waals surface area contributed by atoms with Gasteiger partial charge < -0.3 is 5.32 Å². The van der Waals surface area contributed by atoms with E-state index < -0.39 is 6.04 Å². The monoisotopic (exact) mass is 593 g/mol. The third-order valence-electron chi connectivity index (χ3n) is 7.47. The molecule has 5 aromatic rings. The van der Waals surface area contributed by atoms with Crippen LogP contribution >= 0.6 is 22.9 Å². The average molecular weight is 594 g/mol. The summed E-state index contributed by atoms with van der Waals surface area (Å²) in [6.45, 7) is 7.67. The lowest BCUT2D eigenvalue weighted by atomic mass is 9.95. The fraction of sp³-hybridized carbons (Fsp3) is 0.152. The molecule has 0 saturated heterocycles. The van der Waals surface area contributed by atoms with E-state index in [0.717, 1.165) is 33.8 Å². The number of hydrogen-bond acceptors (Lipinski definition) is 5. The number of nitrogens with one attached hydrogen (secondary N) is 1. The van der Waals surface area contributed by atoms with E-state index >= 15 is 0 Å². The number of fused-ring (bicyclic) bond motifs is 1. The number of nitrogens with zero attached hydrogens (tertiary/aromatic N) is 4. The third kappa shape index (κ3) is 4.93. The van der Waals surface area contributed by atoms with E-state index in [2.05, 4.69) is 5.32 Å². The Morgan fingerprint density at radius 2 is 1.64 bits per heavy atom. The van der Waals surface area contributed by atoms with Crippen molar-refractivity contribution in [2.45, 2.75) is 33.7 Å². The van der Waals surface area contributed by atoms with Gasteiger partial charge in [0.15, 0.2) is 4.80 Å². The van der Waals surface area contributed by atoms with E-state index in [-0.39, 0.29) is 11.5 Å². The lowest BCUT2D eigenvalue weighted by molar-refractivity contribution is -0.113. The van der Waals surface area contributed by atoms with Gasteiger partial charge in [0.2, 0.25) is 0 Å². The zero-order valence-corrected chi connectivity index (χ0v) is 25.1. The Kier molecular flexibility index (Phi) is 7.26. The van der Waals surface area contributed by atoms with Crippen molar-refractivity contribution < 1.29 is 4.79 Å². The first-order valence-electron chi connectivity index (χ1n) is 13.5. The van der Waals surface area contributed by atoms with E-state index in [0.29, 0.717) is 31.3 Å². The van der Waals surface area contributed by atoms with Gasteiger partial charge in [0.1, 0.15) is 0 Å². The lowest BCUT2D eigenvalue weighted by Crippen LogP contribution is -2.40. The number of carbonyl (C=O) groups is 1. The van der Waals surface area contributed by atoms with Crippen molar-refractivity contribution in [3.8, 4) is 5.69 Å². The zero-order chi connectivity index (χ0) is 29.5. The summed E-state index contributed by atoms with van der Waals surface area (Å²) in [6.07, 6.45) is 1.88. The number of aryl methyl sites for hydroxylation is 2. The van der Waals surface area contributed by atoms with Crippen molar-refractivity contribution in [2.24, 2.45) is 4.99 Å². The molecule has 0 unspecified atom stereocenters. The predicted molar refractivity (Wildman–Crippen MR) is 168 cm³/mol. The van der Waals surface area contributed by atoms with Crippen LogP contribution in [0.2, 0.25) is 5.02 Å². The summed E-state index contributed by atoms with van der Waals surface area (Å²) in [6, 6.07) is 24.0. The molecular formula is C33H28ClN5O2S. The molecule has 1 atom stereocenters. The molecule has 7 nitrogen and oxygen atoms in total. The highest BCUT2D eigenvalue weighted by atomic mass is 35.5. The average Bonchev–Trinajstić information content (AvgIpc) is 3.44. The molecular weight excluding hydrogens is 566 g/mol. The van der Waals surface area contributed by atoms with Crippen molar-refractivity contribution in [3.63, 3.8) is 0 Å². The van der Waals surface area contributed by atoms with Gasteiger partial charge in [-0.2, -0.15) is 5.10 Å². The molecule has 9 heteroatoms. The first-order valence-corrected chi connectivity index (χ1v) is 14.7. The SMILES string of the molecule is CC1=C(C(=O)Nc2ccccc2C)[C@H](c2ccc(Cl)cc2)n2c(s/c(=C/c3c(C)nn(-c4ccccc4)c3C)c2=O)=N1. The van der Waals surface area contributed by atoms with Crippen LogP contribution in [0.4, 0.5) is 5.69 Å². The minimum atomic E-state index is -0.682. The summed E-state index contributed by atoms with van der Waals surface area (Å²) in [5.74, 6) is -0.310. The number of rotatable bonds is 5. The van der Waals surface area contributed by atoms with E-state index in [9.17, 15) is 9.59 Å². The number of anilines is 1. The van der Waals surface area contributed by atoms with Gasteiger partial charge >= 0.3 is 0 Å². The van der Waals surface area contributed by atoms with Crippen LogP contribution in [0.3, 0.4) is 0 Å². The molecule has 0 spiro atoms. The first kappa shape index (κ1) is 27.6. The van der Waals surface area contributed by atoms with Gasteiger partial charge in [0.25, 0.3) is 11.5 Å². The topological polar surface area (TPSA) is 81.3 Å². The van der Waals surface area contributed by atoms with Gasteiger partial charge in [-0.3, -0.25) is 14.2 Å². The second-order valence-electron chi connectivity index (χ2n) is 10.2. The van der Waals surface area contributed by atoms with Crippen LogP contribution in [0.15, 0.2) is 99.9 Å². The van der Waals surface area contributed by atoms with Crippen LogP contribution in [0.5, 0.6) is 0 Å². The predicted octanol–water partition coefficient (Wildman–Crippen LogP) is 5.64. The van der Waals surface area contributed by atoms with Gasteiger partial charge in [0.05, 0.1) is 33.2 Å². The number of benzene rings is 3. The Balaban J connectivity index is 1.50. The Morgan fingerprint density at radius 3 is 2.36 bits per heavy atom. The van der Waals surface area contributed by atoms with E-state index in [4.69, 9.17) is 21.7 Å². The lowest BCUT2D eigenvalue weighted by Gasteiger charge is -2.25. The van der Waals surface area contributed by atoms with Crippen LogP contribution in [-0.2, 0) is 4.79 Å². The van der Waals surface area contributed by atoms with Crippen molar-refractivity contribution in [2.75, 3.05) is 5.32 Å². The quantitative estimate of drug-likeness (QED) is 0.286. The van der Waals surface area contributed by atoms with Gasteiger partial charge in [-0.05, 0) is 75.2 Å². The van der Waals surface area contributed by atoms with Crippen molar-refractivity contribution in [1.82, 2.24) is 14.3 Å². The summed E-state index contributed by atoms with van der Waals surface area (Å²) >= 11 is 7.52. The molecule has 0 fully saturated rings. The number of hydrogen-bond donors (Lipinski definition) is 1. The molecule has 42 heavy (non-hydrogen) atoms. The summed E-state index contributed by atoms with van der Waals surface area (Å²) in [7, 11) is 0. The maximum absolute atomic E-state index is 14.1. The van der Waals surface area contributed by atoms with Crippen LogP contribution in [-0.4, -0.2) is 20.3 Å². The van der Waals surface area contributed by atoms with Gasteiger partial charge in [0, 0.05) is 22.0 Å². The molecule has 1 amide bonds. The molecule has 2 aromatic heterocycles. The number of aromatic nitrogens is 3. The highest BCUT2D eigenvalue weighted by Crippen LogP contribution is 2.32. The second kappa shape index (κ2) is 11.0.